The summed E-state index contributed by atoms with van der Waals surface area (Å²) in [5.74, 6) is 0.0408. The number of nitrogens with two attached hydrogens (primary N) is 1. The highest BCUT2D eigenvalue weighted by atomic mass is 79.9. The largest absolute Gasteiger partial charge is 0.399 e. The molecule has 0 saturated carbocycles. The van der Waals surface area contributed by atoms with E-state index in [1.165, 1.54) is 0 Å². The van der Waals surface area contributed by atoms with Crippen molar-refractivity contribution < 1.29 is 4.79 Å². The second-order valence-corrected chi connectivity index (χ2v) is 5.60. The molecule has 0 fully saturated rings. The molecule has 0 aliphatic heterocycles. The average Bonchev–Trinajstić information content (AvgIpc) is 2.20. The van der Waals surface area contributed by atoms with E-state index in [0.717, 1.165) is 15.7 Å². The number of likely N-dealkylation sites (N-methyl/N-ethyl adjacent to an activating group) is 1. The molecule has 0 bridgehead atoms. The van der Waals surface area contributed by atoms with Gasteiger partial charge in [-0.1, -0.05) is 22.0 Å². The van der Waals surface area contributed by atoms with Crippen LogP contribution in [-0.4, -0.2) is 30.4 Å². The fraction of sp³-hybridized carbons (Fsp3) is 0.462. The first kappa shape index (κ1) is 15.0. The van der Waals surface area contributed by atoms with Gasteiger partial charge in [-0.15, -0.1) is 0 Å². The van der Waals surface area contributed by atoms with E-state index in [0.29, 0.717) is 13.1 Å². The average molecular weight is 314 g/mol. The molecule has 0 spiro atoms. The zero-order valence-corrected chi connectivity index (χ0v) is 12.6. The second kappa shape index (κ2) is 6.75. The number of hydrogen-bond donors (Lipinski definition) is 2. The van der Waals surface area contributed by atoms with Crippen LogP contribution in [0.2, 0.25) is 0 Å². The highest BCUT2D eigenvalue weighted by Crippen LogP contribution is 2.20. The highest BCUT2D eigenvalue weighted by Gasteiger charge is 2.09. The summed E-state index contributed by atoms with van der Waals surface area (Å²) in [7, 11) is 1.92. The summed E-state index contributed by atoms with van der Waals surface area (Å²) in [6.07, 6.45) is 0. The van der Waals surface area contributed by atoms with E-state index in [9.17, 15) is 4.79 Å². The molecule has 3 N–H and O–H groups in total. The zero-order valence-electron chi connectivity index (χ0n) is 11.0. The number of carbonyl (C=O) groups is 1. The number of amides is 1. The first-order valence-electron chi connectivity index (χ1n) is 5.90. The van der Waals surface area contributed by atoms with Crippen LogP contribution < -0.4 is 11.1 Å². The molecule has 0 atom stereocenters. The fourth-order valence-electron chi connectivity index (χ4n) is 1.65. The van der Waals surface area contributed by atoms with Crippen molar-refractivity contribution in [3.8, 4) is 0 Å². The number of carbonyl (C=O) groups excluding carboxylic acids is 1. The third kappa shape index (κ3) is 5.06. The van der Waals surface area contributed by atoms with Crippen molar-refractivity contribution >= 4 is 27.5 Å². The van der Waals surface area contributed by atoms with Crippen molar-refractivity contribution in [2.45, 2.75) is 26.4 Å². The van der Waals surface area contributed by atoms with Crippen LogP contribution in [-0.2, 0) is 11.3 Å². The van der Waals surface area contributed by atoms with Gasteiger partial charge in [-0.3, -0.25) is 9.69 Å². The maximum absolute atomic E-state index is 11.6. The summed E-state index contributed by atoms with van der Waals surface area (Å²) in [4.78, 5) is 13.6. The van der Waals surface area contributed by atoms with E-state index >= 15 is 0 Å². The molecule has 0 aliphatic rings. The SMILES string of the molecule is CC(C)NC(=O)CN(C)Cc1ccc(N)cc1Br. The quantitative estimate of drug-likeness (QED) is 0.817. The summed E-state index contributed by atoms with van der Waals surface area (Å²) in [5, 5.41) is 2.87. The van der Waals surface area contributed by atoms with Crippen LogP contribution in [0.4, 0.5) is 5.69 Å². The standard InChI is InChI=1S/C13H20BrN3O/c1-9(2)16-13(18)8-17(3)7-10-4-5-11(15)6-12(10)14/h4-6,9H,7-8,15H2,1-3H3,(H,16,18). The van der Waals surface area contributed by atoms with Gasteiger partial charge in [0, 0.05) is 22.7 Å². The lowest BCUT2D eigenvalue weighted by Crippen LogP contribution is -2.38. The minimum absolute atomic E-state index is 0.0408. The van der Waals surface area contributed by atoms with Crippen LogP contribution in [0.1, 0.15) is 19.4 Å². The molecule has 0 heterocycles. The molecule has 0 radical (unpaired) electrons. The number of hydrogen-bond acceptors (Lipinski definition) is 3. The van der Waals surface area contributed by atoms with Gasteiger partial charge in [0.15, 0.2) is 0 Å². The van der Waals surface area contributed by atoms with Crippen LogP contribution >= 0.6 is 15.9 Å². The Bertz CT molecular complexity index is 421. The molecule has 100 valence electrons. The molecule has 5 heteroatoms. The van der Waals surface area contributed by atoms with Crippen molar-refractivity contribution in [1.82, 2.24) is 10.2 Å². The van der Waals surface area contributed by atoms with Gasteiger partial charge in [0.25, 0.3) is 0 Å². The van der Waals surface area contributed by atoms with Gasteiger partial charge in [0.2, 0.25) is 5.91 Å². The monoisotopic (exact) mass is 313 g/mol. The summed E-state index contributed by atoms with van der Waals surface area (Å²) in [5.41, 5.74) is 7.53. The van der Waals surface area contributed by atoms with Crippen LogP contribution in [0, 0.1) is 0 Å². The molecule has 0 aromatic heterocycles. The Labute approximate surface area is 117 Å². The van der Waals surface area contributed by atoms with E-state index in [2.05, 4.69) is 21.2 Å². The van der Waals surface area contributed by atoms with E-state index in [-0.39, 0.29) is 11.9 Å². The molecular formula is C13H20BrN3O. The van der Waals surface area contributed by atoms with Crippen LogP contribution in [0.15, 0.2) is 22.7 Å². The molecule has 0 saturated heterocycles. The number of nitrogens with zero attached hydrogens (tertiary/aromatic N) is 1. The zero-order chi connectivity index (χ0) is 13.7. The lowest BCUT2D eigenvalue weighted by Gasteiger charge is -2.18. The predicted molar refractivity (Wildman–Crippen MR) is 78.2 cm³/mol. The van der Waals surface area contributed by atoms with Crippen molar-refractivity contribution in [1.29, 1.82) is 0 Å². The summed E-state index contributed by atoms with van der Waals surface area (Å²) < 4.78 is 0.971. The maximum Gasteiger partial charge on any atom is 0.234 e. The predicted octanol–water partition coefficient (Wildman–Crippen LogP) is 1.99. The van der Waals surface area contributed by atoms with E-state index in [4.69, 9.17) is 5.73 Å². The minimum Gasteiger partial charge on any atom is -0.399 e. The van der Waals surface area contributed by atoms with Gasteiger partial charge in [0.05, 0.1) is 6.54 Å². The molecule has 1 rings (SSSR count). The lowest BCUT2D eigenvalue weighted by atomic mass is 10.2. The number of benzene rings is 1. The van der Waals surface area contributed by atoms with E-state index in [1.807, 2.05) is 44.0 Å². The smallest absolute Gasteiger partial charge is 0.234 e. The molecular weight excluding hydrogens is 294 g/mol. The Balaban J connectivity index is 2.54. The first-order valence-corrected chi connectivity index (χ1v) is 6.69. The number of halogens is 1. The summed E-state index contributed by atoms with van der Waals surface area (Å²) >= 11 is 3.47. The van der Waals surface area contributed by atoms with Gasteiger partial charge in [-0.05, 0) is 38.6 Å². The second-order valence-electron chi connectivity index (χ2n) is 4.75. The van der Waals surface area contributed by atoms with Crippen molar-refractivity contribution in [3.05, 3.63) is 28.2 Å². The lowest BCUT2D eigenvalue weighted by molar-refractivity contribution is -0.122. The number of rotatable bonds is 5. The van der Waals surface area contributed by atoms with Crippen LogP contribution in [0.3, 0.4) is 0 Å². The third-order valence-corrected chi connectivity index (χ3v) is 3.12. The Morgan fingerprint density at radius 3 is 2.72 bits per heavy atom. The van der Waals surface area contributed by atoms with E-state index < -0.39 is 0 Å². The van der Waals surface area contributed by atoms with E-state index in [1.54, 1.807) is 0 Å². The summed E-state index contributed by atoms with van der Waals surface area (Å²) in [6.45, 7) is 4.99. The highest BCUT2D eigenvalue weighted by molar-refractivity contribution is 9.10. The minimum atomic E-state index is 0.0408. The van der Waals surface area contributed by atoms with Crippen LogP contribution in [0.5, 0.6) is 0 Å². The number of anilines is 1. The van der Waals surface area contributed by atoms with Crippen LogP contribution in [0.25, 0.3) is 0 Å². The van der Waals surface area contributed by atoms with Crippen molar-refractivity contribution in [3.63, 3.8) is 0 Å². The first-order chi connectivity index (χ1) is 8.38. The third-order valence-electron chi connectivity index (χ3n) is 2.38. The van der Waals surface area contributed by atoms with Crippen molar-refractivity contribution in [2.75, 3.05) is 19.3 Å². The van der Waals surface area contributed by atoms with Gasteiger partial charge < -0.3 is 11.1 Å². The van der Waals surface area contributed by atoms with Crippen molar-refractivity contribution in [2.24, 2.45) is 0 Å². The molecule has 1 amide bonds. The van der Waals surface area contributed by atoms with Gasteiger partial charge in [-0.25, -0.2) is 0 Å². The van der Waals surface area contributed by atoms with Gasteiger partial charge in [-0.2, -0.15) is 0 Å². The Kier molecular flexibility index (Phi) is 5.62. The molecule has 18 heavy (non-hydrogen) atoms. The fourth-order valence-corrected chi connectivity index (χ4v) is 2.17. The molecule has 4 nitrogen and oxygen atoms in total. The molecule has 1 aromatic rings. The molecule has 0 unspecified atom stereocenters. The topological polar surface area (TPSA) is 58.4 Å². The van der Waals surface area contributed by atoms with Gasteiger partial charge in [0.1, 0.15) is 0 Å². The number of nitrogens with one attached hydrogen (secondary N) is 1. The normalized spacial score (nSPS) is 11.0. The molecule has 1 aromatic carbocycles. The van der Waals surface area contributed by atoms with Gasteiger partial charge >= 0.3 is 0 Å². The molecule has 0 aliphatic carbocycles. The Morgan fingerprint density at radius 1 is 1.50 bits per heavy atom. The maximum atomic E-state index is 11.6. The number of nitrogen functional groups attached to an aromatic ring is 1. The Hall–Kier alpha value is -1.07. The Morgan fingerprint density at radius 2 is 2.17 bits per heavy atom. The summed E-state index contributed by atoms with van der Waals surface area (Å²) in [6, 6.07) is 5.88.